The first-order valence-corrected chi connectivity index (χ1v) is 6.48. The molecule has 5 heteroatoms. The zero-order valence-corrected chi connectivity index (χ0v) is 11.5. The number of halogens is 1. The van der Waals surface area contributed by atoms with Gasteiger partial charge in [0.1, 0.15) is 11.1 Å². The average Bonchev–Trinajstić information content (AvgIpc) is 2.31. The van der Waals surface area contributed by atoms with Crippen molar-refractivity contribution in [3.8, 4) is 6.07 Å². The largest absolute Gasteiger partial charge is 0.257 e. The Balaban J connectivity index is 2.47. The fourth-order valence-electron chi connectivity index (χ4n) is 1.56. The van der Waals surface area contributed by atoms with Crippen LogP contribution < -0.4 is 0 Å². The summed E-state index contributed by atoms with van der Waals surface area (Å²) in [5.74, 6) is 0. The summed E-state index contributed by atoms with van der Waals surface area (Å²) < 4.78 is 0. The summed E-state index contributed by atoms with van der Waals surface area (Å²) in [6, 6.07) is 7.61. The predicted molar refractivity (Wildman–Crippen MR) is 71.8 cm³/mol. The molecule has 0 fully saturated rings. The molecule has 2 aromatic heterocycles. The van der Waals surface area contributed by atoms with Gasteiger partial charge in [0, 0.05) is 16.8 Å². The van der Waals surface area contributed by atoms with E-state index in [1.54, 1.807) is 18.3 Å². The third-order valence-electron chi connectivity index (χ3n) is 2.34. The Morgan fingerprint density at radius 2 is 2.17 bits per heavy atom. The zero-order valence-electron chi connectivity index (χ0n) is 9.94. The van der Waals surface area contributed by atoms with Gasteiger partial charge in [0.15, 0.2) is 0 Å². The summed E-state index contributed by atoms with van der Waals surface area (Å²) in [7, 11) is 0. The van der Waals surface area contributed by atoms with Crippen LogP contribution in [0, 0.1) is 25.2 Å². The third-order valence-corrected chi connectivity index (χ3v) is 3.81. The standard InChI is InChI=1S/C13H10ClN3S/c1-8-6-12(10(7-15)9(2)17-8)18-13-11(14)4-3-5-16-13/h3-6H,1-2H3. The Morgan fingerprint density at radius 3 is 2.83 bits per heavy atom. The topological polar surface area (TPSA) is 49.6 Å². The van der Waals surface area contributed by atoms with E-state index in [1.165, 1.54) is 11.8 Å². The van der Waals surface area contributed by atoms with Gasteiger partial charge in [-0.05, 0) is 32.0 Å². The van der Waals surface area contributed by atoms with Crippen molar-refractivity contribution in [1.29, 1.82) is 5.26 Å². The summed E-state index contributed by atoms with van der Waals surface area (Å²) in [6.45, 7) is 3.73. The van der Waals surface area contributed by atoms with E-state index in [-0.39, 0.29) is 0 Å². The average molecular weight is 276 g/mol. The van der Waals surface area contributed by atoms with E-state index >= 15 is 0 Å². The van der Waals surface area contributed by atoms with E-state index in [1.807, 2.05) is 19.9 Å². The molecule has 0 N–H and O–H groups in total. The number of nitriles is 1. The van der Waals surface area contributed by atoms with Crippen LogP contribution in [0.5, 0.6) is 0 Å². The Bertz CT molecular complexity index is 635. The summed E-state index contributed by atoms with van der Waals surface area (Å²) >= 11 is 7.46. The second kappa shape index (κ2) is 5.38. The summed E-state index contributed by atoms with van der Waals surface area (Å²) in [4.78, 5) is 9.33. The summed E-state index contributed by atoms with van der Waals surface area (Å²) in [5, 5.41) is 10.5. The van der Waals surface area contributed by atoms with Crippen molar-refractivity contribution in [2.75, 3.05) is 0 Å². The van der Waals surface area contributed by atoms with Crippen molar-refractivity contribution >= 4 is 23.4 Å². The molecule has 2 aromatic rings. The molecule has 0 aromatic carbocycles. The van der Waals surface area contributed by atoms with Gasteiger partial charge in [-0.1, -0.05) is 23.4 Å². The molecular formula is C13H10ClN3S. The second-order valence-electron chi connectivity index (χ2n) is 3.73. The molecule has 0 amide bonds. The minimum Gasteiger partial charge on any atom is -0.257 e. The van der Waals surface area contributed by atoms with Gasteiger partial charge in [0.2, 0.25) is 0 Å². The van der Waals surface area contributed by atoms with Crippen molar-refractivity contribution in [2.24, 2.45) is 0 Å². The van der Waals surface area contributed by atoms with Crippen LogP contribution in [-0.2, 0) is 0 Å². The third kappa shape index (κ3) is 2.63. The van der Waals surface area contributed by atoms with Crippen LogP contribution in [0.3, 0.4) is 0 Å². The van der Waals surface area contributed by atoms with Crippen LogP contribution >= 0.6 is 23.4 Å². The lowest BCUT2D eigenvalue weighted by Gasteiger charge is -2.07. The first kappa shape index (κ1) is 12.9. The van der Waals surface area contributed by atoms with Crippen LogP contribution in [0.4, 0.5) is 0 Å². The Kier molecular flexibility index (Phi) is 3.85. The number of hydrogen-bond acceptors (Lipinski definition) is 4. The Morgan fingerprint density at radius 1 is 1.39 bits per heavy atom. The van der Waals surface area contributed by atoms with Gasteiger partial charge in [-0.3, -0.25) is 4.98 Å². The molecule has 0 aliphatic carbocycles. The zero-order chi connectivity index (χ0) is 13.1. The van der Waals surface area contributed by atoms with E-state index in [4.69, 9.17) is 11.6 Å². The van der Waals surface area contributed by atoms with Crippen LogP contribution in [0.15, 0.2) is 34.3 Å². The molecule has 0 aliphatic rings. The normalized spacial score (nSPS) is 10.1. The molecule has 90 valence electrons. The maximum Gasteiger partial charge on any atom is 0.119 e. The maximum absolute atomic E-state index is 9.18. The first-order valence-electron chi connectivity index (χ1n) is 5.28. The number of hydrogen-bond donors (Lipinski definition) is 0. The van der Waals surface area contributed by atoms with Crippen molar-refractivity contribution in [3.63, 3.8) is 0 Å². The van der Waals surface area contributed by atoms with Crippen LogP contribution in [0.25, 0.3) is 0 Å². The van der Waals surface area contributed by atoms with Crippen molar-refractivity contribution < 1.29 is 0 Å². The van der Waals surface area contributed by atoms with Crippen molar-refractivity contribution in [1.82, 2.24) is 9.97 Å². The summed E-state index contributed by atoms with van der Waals surface area (Å²) in [5.41, 5.74) is 2.18. The fraction of sp³-hybridized carbons (Fsp3) is 0.154. The van der Waals surface area contributed by atoms with E-state index in [0.29, 0.717) is 15.6 Å². The summed E-state index contributed by atoms with van der Waals surface area (Å²) in [6.07, 6.45) is 1.68. The quantitative estimate of drug-likeness (QED) is 0.837. The lowest BCUT2D eigenvalue weighted by molar-refractivity contribution is 1.06. The molecular weight excluding hydrogens is 266 g/mol. The molecule has 2 rings (SSSR count). The molecule has 18 heavy (non-hydrogen) atoms. The molecule has 0 bridgehead atoms. The van der Waals surface area contributed by atoms with Gasteiger partial charge in [0.05, 0.1) is 16.3 Å². The molecule has 0 atom stereocenters. The van der Waals surface area contributed by atoms with E-state index in [2.05, 4.69) is 16.0 Å². The van der Waals surface area contributed by atoms with Crippen molar-refractivity contribution in [2.45, 2.75) is 23.8 Å². The van der Waals surface area contributed by atoms with E-state index in [0.717, 1.165) is 16.3 Å². The van der Waals surface area contributed by atoms with Gasteiger partial charge in [-0.15, -0.1) is 0 Å². The number of rotatable bonds is 2. The highest BCUT2D eigenvalue weighted by atomic mass is 35.5. The minimum absolute atomic E-state index is 0.576. The van der Waals surface area contributed by atoms with E-state index < -0.39 is 0 Å². The highest BCUT2D eigenvalue weighted by Gasteiger charge is 2.11. The Hall–Kier alpha value is -1.57. The number of pyridine rings is 2. The number of aromatic nitrogens is 2. The van der Waals surface area contributed by atoms with Gasteiger partial charge in [0.25, 0.3) is 0 Å². The Labute approximate surface area is 115 Å². The molecule has 3 nitrogen and oxygen atoms in total. The predicted octanol–water partition coefficient (Wildman–Crippen LogP) is 3.77. The molecule has 0 saturated carbocycles. The molecule has 0 spiro atoms. The molecule has 0 unspecified atom stereocenters. The fourth-order valence-corrected chi connectivity index (χ4v) is 2.81. The number of nitrogens with zero attached hydrogens (tertiary/aromatic N) is 3. The SMILES string of the molecule is Cc1cc(Sc2ncccc2Cl)c(C#N)c(C)n1. The van der Waals surface area contributed by atoms with Gasteiger partial charge < -0.3 is 0 Å². The molecule has 0 saturated heterocycles. The number of aryl methyl sites for hydroxylation is 2. The lowest BCUT2D eigenvalue weighted by atomic mass is 10.2. The van der Waals surface area contributed by atoms with Gasteiger partial charge in [-0.25, -0.2) is 4.98 Å². The van der Waals surface area contributed by atoms with Gasteiger partial charge in [-0.2, -0.15) is 5.26 Å². The molecule has 2 heterocycles. The van der Waals surface area contributed by atoms with Crippen molar-refractivity contribution in [3.05, 3.63) is 46.4 Å². The van der Waals surface area contributed by atoms with Crippen LogP contribution in [-0.4, -0.2) is 9.97 Å². The monoisotopic (exact) mass is 275 g/mol. The highest BCUT2D eigenvalue weighted by Crippen LogP contribution is 2.34. The first-order chi connectivity index (χ1) is 8.61. The minimum atomic E-state index is 0.576. The highest BCUT2D eigenvalue weighted by molar-refractivity contribution is 7.99. The van der Waals surface area contributed by atoms with Gasteiger partial charge >= 0.3 is 0 Å². The second-order valence-corrected chi connectivity index (χ2v) is 5.16. The smallest absolute Gasteiger partial charge is 0.119 e. The molecule has 0 radical (unpaired) electrons. The molecule has 0 aliphatic heterocycles. The van der Waals surface area contributed by atoms with Crippen LogP contribution in [0.2, 0.25) is 5.02 Å². The van der Waals surface area contributed by atoms with Crippen LogP contribution in [0.1, 0.15) is 17.0 Å². The lowest BCUT2D eigenvalue weighted by Crippen LogP contribution is -1.94. The van der Waals surface area contributed by atoms with E-state index in [9.17, 15) is 5.26 Å². The maximum atomic E-state index is 9.18.